The van der Waals surface area contributed by atoms with Crippen molar-refractivity contribution >= 4 is 0 Å². The Labute approximate surface area is 75.1 Å². The van der Waals surface area contributed by atoms with E-state index in [2.05, 4.69) is 11.8 Å². The van der Waals surface area contributed by atoms with Crippen molar-refractivity contribution in [3.8, 4) is 0 Å². The summed E-state index contributed by atoms with van der Waals surface area (Å²) in [7, 11) is 0. The normalized spacial score (nSPS) is 51.8. The van der Waals surface area contributed by atoms with Crippen molar-refractivity contribution in [2.24, 2.45) is 11.8 Å². The predicted molar refractivity (Wildman–Crippen MR) is 50.0 cm³/mol. The number of hydrogen-bond acceptors (Lipinski definition) is 1. The van der Waals surface area contributed by atoms with Crippen LogP contribution < -0.4 is 0 Å². The van der Waals surface area contributed by atoms with E-state index in [4.69, 9.17) is 0 Å². The highest BCUT2D eigenvalue weighted by Gasteiger charge is 2.49. The lowest BCUT2D eigenvalue weighted by atomic mass is 9.93. The summed E-state index contributed by atoms with van der Waals surface area (Å²) in [6, 6.07) is 2.03. The van der Waals surface area contributed by atoms with Crippen LogP contribution in [0.4, 0.5) is 0 Å². The Kier molecular flexibility index (Phi) is 1.52. The third kappa shape index (κ3) is 0.834. The van der Waals surface area contributed by atoms with Gasteiger partial charge in [-0.2, -0.15) is 0 Å². The van der Waals surface area contributed by atoms with Crippen LogP contribution in [0.3, 0.4) is 0 Å². The first kappa shape index (κ1) is 7.37. The molecular formula is C11H19N. The predicted octanol–water partition coefficient (Wildman–Crippen LogP) is 2.27. The SMILES string of the molecule is CCC1CC2C3CCC(C3)N2C1. The molecule has 0 radical (unpaired) electrons. The maximum Gasteiger partial charge on any atom is 0.0130 e. The van der Waals surface area contributed by atoms with Gasteiger partial charge in [-0.25, -0.2) is 0 Å². The summed E-state index contributed by atoms with van der Waals surface area (Å²) in [6.45, 7) is 3.79. The fourth-order valence-electron chi connectivity index (χ4n) is 3.81. The number of rotatable bonds is 1. The Morgan fingerprint density at radius 2 is 2.17 bits per heavy atom. The quantitative estimate of drug-likeness (QED) is 0.576. The average molecular weight is 165 g/mol. The van der Waals surface area contributed by atoms with Crippen LogP contribution in [0.25, 0.3) is 0 Å². The van der Waals surface area contributed by atoms with E-state index in [0.29, 0.717) is 0 Å². The van der Waals surface area contributed by atoms with Crippen LogP contribution in [0.15, 0.2) is 0 Å². The standard InChI is InChI=1S/C11H19N/c1-2-8-5-11-9-3-4-10(6-9)12(11)7-8/h8-11H,2-7H2,1H3. The molecule has 2 aliphatic heterocycles. The van der Waals surface area contributed by atoms with E-state index < -0.39 is 0 Å². The molecule has 1 heteroatoms. The van der Waals surface area contributed by atoms with Crippen molar-refractivity contribution in [3.63, 3.8) is 0 Å². The van der Waals surface area contributed by atoms with Gasteiger partial charge in [-0.15, -0.1) is 0 Å². The molecule has 4 atom stereocenters. The minimum Gasteiger partial charge on any atom is -0.297 e. The average Bonchev–Trinajstić information content (AvgIpc) is 2.75. The highest BCUT2D eigenvalue weighted by atomic mass is 15.3. The molecule has 3 aliphatic rings. The van der Waals surface area contributed by atoms with Gasteiger partial charge in [0.2, 0.25) is 0 Å². The van der Waals surface area contributed by atoms with E-state index in [0.717, 1.165) is 23.9 Å². The van der Waals surface area contributed by atoms with Gasteiger partial charge in [-0.05, 0) is 37.5 Å². The molecule has 68 valence electrons. The third-order valence-corrected chi connectivity index (χ3v) is 4.51. The van der Waals surface area contributed by atoms with Crippen LogP contribution in [-0.4, -0.2) is 23.5 Å². The molecule has 1 saturated carbocycles. The maximum absolute atomic E-state index is 2.84. The molecular weight excluding hydrogens is 146 g/mol. The molecule has 2 heterocycles. The highest BCUT2D eigenvalue weighted by molar-refractivity contribution is 5.03. The van der Waals surface area contributed by atoms with Gasteiger partial charge in [-0.1, -0.05) is 13.3 Å². The van der Waals surface area contributed by atoms with Crippen LogP contribution >= 0.6 is 0 Å². The Morgan fingerprint density at radius 3 is 2.92 bits per heavy atom. The number of piperidine rings is 1. The van der Waals surface area contributed by atoms with Crippen LogP contribution in [0, 0.1) is 11.8 Å². The van der Waals surface area contributed by atoms with Gasteiger partial charge in [0.15, 0.2) is 0 Å². The summed E-state index contributed by atoms with van der Waals surface area (Å²) >= 11 is 0. The highest BCUT2D eigenvalue weighted by Crippen LogP contribution is 2.48. The van der Waals surface area contributed by atoms with E-state index in [1.807, 2.05) is 0 Å². The van der Waals surface area contributed by atoms with Crippen molar-refractivity contribution in [2.75, 3.05) is 6.54 Å². The zero-order valence-electron chi connectivity index (χ0n) is 8.00. The molecule has 4 unspecified atom stereocenters. The fourth-order valence-corrected chi connectivity index (χ4v) is 3.81. The van der Waals surface area contributed by atoms with Crippen molar-refractivity contribution in [1.29, 1.82) is 0 Å². The first-order valence-corrected chi connectivity index (χ1v) is 5.64. The molecule has 0 spiro atoms. The molecule has 1 aliphatic carbocycles. The number of fused-ring (bicyclic) bond motifs is 5. The molecule has 1 nitrogen and oxygen atoms in total. The van der Waals surface area contributed by atoms with Gasteiger partial charge in [0, 0.05) is 18.6 Å². The monoisotopic (exact) mass is 165 g/mol. The minimum absolute atomic E-state index is 1.01. The largest absolute Gasteiger partial charge is 0.297 e. The fraction of sp³-hybridized carbons (Fsp3) is 1.00. The first-order chi connectivity index (χ1) is 5.88. The molecule has 3 rings (SSSR count). The topological polar surface area (TPSA) is 3.24 Å². The molecule has 0 aromatic rings. The summed E-state index contributed by atoms with van der Waals surface area (Å²) in [5.74, 6) is 2.14. The second kappa shape index (κ2) is 2.47. The van der Waals surface area contributed by atoms with Crippen molar-refractivity contribution in [3.05, 3.63) is 0 Å². The van der Waals surface area contributed by atoms with E-state index >= 15 is 0 Å². The van der Waals surface area contributed by atoms with Gasteiger partial charge in [-0.3, -0.25) is 4.90 Å². The molecule has 12 heavy (non-hydrogen) atoms. The van der Waals surface area contributed by atoms with Crippen LogP contribution in [0.5, 0.6) is 0 Å². The Bertz CT molecular complexity index is 171. The van der Waals surface area contributed by atoms with Crippen LogP contribution in [0.1, 0.15) is 39.0 Å². The lowest BCUT2D eigenvalue weighted by molar-refractivity contribution is 0.185. The summed E-state index contributed by atoms with van der Waals surface area (Å²) in [5, 5.41) is 0. The van der Waals surface area contributed by atoms with Crippen LogP contribution in [-0.2, 0) is 0 Å². The Hall–Kier alpha value is -0.0400. The minimum atomic E-state index is 1.01. The lowest BCUT2D eigenvalue weighted by Gasteiger charge is -2.28. The van der Waals surface area contributed by atoms with E-state index in [-0.39, 0.29) is 0 Å². The molecule has 0 aromatic heterocycles. The van der Waals surface area contributed by atoms with Crippen molar-refractivity contribution in [2.45, 2.75) is 51.1 Å². The first-order valence-electron chi connectivity index (χ1n) is 5.64. The van der Waals surface area contributed by atoms with Gasteiger partial charge in [0.05, 0.1) is 0 Å². The van der Waals surface area contributed by atoms with E-state index in [9.17, 15) is 0 Å². The summed E-state index contributed by atoms with van der Waals surface area (Å²) in [4.78, 5) is 2.84. The maximum atomic E-state index is 2.84. The molecule has 3 fully saturated rings. The van der Waals surface area contributed by atoms with Gasteiger partial charge < -0.3 is 0 Å². The smallest absolute Gasteiger partial charge is 0.0130 e. The van der Waals surface area contributed by atoms with E-state index in [1.165, 1.54) is 25.8 Å². The van der Waals surface area contributed by atoms with Crippen molar-refractivity contribution < 1.29 is 0 Å². The lowest BCUT2D eigenvalue weighted by Crippen LogP contribution is -2.35. The molecule has 0 amide bonds. The number of hydrogen-bond donors (Lipinski definition) is 0. The van der Waals surface area contributed by atoms with Crippen LogP contribution in [0.2, 0.25) is 0 Å². The zero-order chi connectivity index (χ0) is 8.13. The Balaban J connectivity index is 1.78. The van der Waals surface area contributed by atoms with E-state index in [1.54, 1.807) is 12.8 Å². The summed E-state index contributed by atoms with van der Waals surface area (Å²) in [6.07, 6.45) is 7.53. The van der Waals surface area contributed by atoms with Gasteiger partial charge >= 0.3 is 0 Å². The summed E-state index contributed by atoms with van der Waals surface area (Å²) in [5.41, 5.74) is 0. The third-order valence-electron chi connectivity index (χ3n) is 4.51. The molecule has 2 saturated heterocycles. The van der Waals surface area contributed by atoms with Gasteiger partial charge in [0.25, 0.3) is 0 Å². The summed E-state index contributed by atoms with van der Waals surface area (Å²) < 4.78 is 0. The molecule has 2 bridgehead atoms. The van der Waals surface area contributed by atoms with Gasteiger partial charge in [0.1, 0.15) is 0 Å². The molecule has 0 N–H and O–H groups in total. The van der Waals surface area contributed by atoms with Crippen molar-refractivity contribution in [1.82, 2.24) is 4.90 Å². The molecule has 0 aromatic carbocycles. The second-order valence-corrected chi connectivity index (χ2v) is 5.00. The Morgan fingerprint density at radius 1 is 1.25 bits per heavy atom. The second-order valence-electron chi connectivity index (χ2n) is 5.00. The number of nitrogens with zero attached hydrogens (tertiary/aromatic N) is 1. The zero-order valence-corrected chi connectivity index (χ0v) is 8.00.